The summed E-state index contributed by atoms with van der Waals surface area (Å²) < 4.78 is 0. The first-order valence-electron chi connectivity index (χ1n) is 5.38. The zero-order chi connectivity index (χ0) is 8.23. The predicted octanol–water partition coefficient (Wildman–Crippen LogP) is 0.986. The molecule has 2 aliphatic rings. The molecule has 0 amide bonds. The Balaban J connectivity index is 1.70. The topological polar surface area (TPSA) is 24.1 Å². The Hall–Kier alpha value is -0.0800. The predicted molar refractivity (Wildman–Crippen MR) is 51.2 cm³/mol. The molecule has 2 fully saturated rings. The standard InChI is InChI=1S/C10H20N2/c1-2-5-12-8-10-7-9(10)3-6-11-4-1/h9-12H,1-8H2. The molecule has 0 spiro atoms. The van der Waals surface area contributed by atoms with Crippen LogP contribution in [-0.2, 0) is 0 Å². The van der Waals surface area contributed by atoms with Crippen LogP contribution in [0.15, 0.2) is 0 Å². The normalized spacial score (nSPS) is 38.0. The molecule has 0 aromatic rings. The molecule has 1 saturated carbocycles. The lowest BCUT2D eigenvalue weighted by atomic mass is 10.2. The number of rotatable bonds is 0. The van der Waals surface area contributed by atoms with Gasteiger partial charge in [0.1, 0.15) is 0 Å². The van der Waals surface area contributed by atoms with Crippen LogP contribution in [0.5, 0.6) is 0 Å². The van der Waals surface area contributed by atoms with Crippen molar-refractivity contribution in [3.63, 3.8) is 0 Å². The molecule has 2 unspecified atom stereocenters. The number of hydrogen-bond donors (Lipinski definition) is 2. The Morgan fingerprint density at radius 1 is 0.833 bits per heavy atom. The van der Waals surface area contributed by atoms with Gasteiger partial charge in [-0.3, -0.25) is 0 Å². The van der Waals surface area contributed by atoms with Crippen molar-refractivity contribution in [2.75, 3.05) is 26.2 Å². The van der Waals surface area contributed by atoms with E-state index >= 15 is 0 Å². The summed E-state index contributed by atoms with van der Waals surface area (Å²) in [6, 6.07) is 0. The zero-order valence-corrected chi connectivity index (χ0v) is 7.81. The lowest BCUT2D eigenvalue weighted by molar-refractivity contribution is 0.576. The molecule has 70 valence electrons. The summed E-state index contributed by atoms with van der Waals surface area (Å²) in [7, 11) is 0. The quantitative estimate of drug-likeness (QED) is 0.563. The van der Waals surface area contributed by atoms with Gasteiger partial charge in [0.2, 0.25) is 0 Å². The minimum atomic E-state index is 1.02. The largest absolute Gasteiger partial charge is 0.317 e. The van der Waals surface area contributed by atoms with Gasteiger partial charge in [0, 0.05) is 0 Å². The Kier molecular flexibility index (Phi) is 3.01. The van der Waals surface area contributed by atoms with E-state index in [0.717, 1.165) is 11.8 Å². The van der Waals surface area contributed by atoms with Crippen LogP contribution in [0.4, 0.5) is 0 Å². The number of nitrogens with one attached hydrogen (secondary N) is 2. The number of fused-ring (bicyclic) bond motifs is 1. The van der Waals surface area contributed by atoms with Crippen molar-refractivity contribution < 1.29 is 0 Å². The zero-order valence-electron chi connectivity index (χ0n) is 7.81. The van der Waals surface area contributed by atoms with Gasteiger partial charge >= 0.3 is 0 Å². The molecule has 1 saturated heterocycles. The van der Waals surface area contributed by atoms with Crippen LogP contribution in [0.3, 0.4) is 0 Å². The second-order valence-corrected chi connectivity index (χ2v) is 4.21. The summed E-state index contributed by atoms with van der Waals surface area (Å²) in [4.78, 5) is 0. The van der Waals surface area contributed by atoms with Crippen LogP contribution < -0.4 is 10.6 Å². The molecule has 0 radical (unpaired) electrons. The minimum absolute atomic E-state index is 1.02. The highest BCUT2D eigenvalue weighted by Crippen LogP contribution is 2.40. The van der Waals surface area contributed by atoms with Gasteiger partial charge in [0.05, 0.1) is 0 Å². The van der Waals surface area contributed by atoms with Gasteiger partial charge in [-0.05, 0) is 63.7 Å². The average molecular weight is 168 g/mol. The van der Waals surface area contributed by atoms with Crippen LogP contribution in [0.25, 0.3) is 0 Å². The molecule has 12 heavy (non-hydrogen) atoms. The van der Waals surface area contributed by atoms with Crippen LogP contribution >= 0.6 is 0 Å². The monoisotopic (exact) mass is 168 g/mol. The van der Waals surface area contributed by atoms with Gasteiger partial charge in [-0.1, -0.05) is 0 Å². The first kappa shape index (κ1) is 8.52. The maximum Gasteiger partial charge on any atom is -0.00178 e. The fourth-order valence-electron chi connectivity index (χ4n) is 2.11. The maximum absolute atomic E-state index is 3.55. The van der Waals surface area contributed by atoms with Crippen LogP contribution in [0.1, 0.15) is 25.7 Å². The molecule has 1 heterocycles. The fraction of sp³-hybridized carbons (Fsp3) is 1.00. The maximum atomic E-state index is 3.55. The van der Waals surface area contributed by atoms with Gasteiger partial charge in [0.25, 0.3) is 0 Å². The first-order valence-corrected chi connectivity index (χ1v) is 5.38. The SMILES string of the molecule is C1CCNCC2CC2CCNC1. The highest BCUT2D eigenvalue weighted by molar-refractivity contribution is 4.88. The van der Waals surface area contributed by atoms with Crippen molar-refractivity contribution in [1.29, 1.82) is 0 Å². The van der Waals surface area contributed by atoms with Gasteiger partial charge in [-0.15, -0.1) is 0 Å². The van der Waals surface area contributed by atoms with Crippen molar-refractivity contribution in [3.05, 3.63) is 0 Å². The molecule has 2 atom stereocenters. The molecule has 2 N–H and O–H groups in total. The van der Waals surface area contributed by atoms with E-state index in [4.69, 9.17) is 0 Å². The molecule has 1 aliphatic heterocycles. The lowest BCUT2D eigenvalue weighted by Crippen LogP contribution is -2.19. The van der Waals surface area contributed by atoms with E-state index in [9.17, 15) is 0 Å². The molecular weight excluding hydrogens is 148 g/mol. The van der Waals surface area contributed by atoms with Crippen molar-refractivity contribution in [2.24, 2.45) is 11.8 Å². The van der Waals surface area contributed by atoms with Crippen LogP contribution in [-0.4, -0.2) is 26.2 Å². The summed E-state index contributed by atoms with van der Waals surface area (Å²) in [5.74, 6) is 2.06. The molecule has 2 rings (SSSR count). The van der Waals surface area contributed by atoms with Gasteiger partial charge in [0.15, 0.2) is 0 Å². The van der Waals surface area contributed by atoms with E-state index in [1.54, 1.807) is 0 Å². The fourth-order valence-corrected chi connectivity index (χ4v) is 2.11. The highest BCUT2D eigenvalue weighted by Gasteiger charge is 2.35. The van der Waals surface area contributed by atoms with Crippen LogP contribution in [0, 0.1) is 11.8 Å². The summed E-state index contributed by atoms with van der Waals surface area (Å²) in [6.07, 6.45) is 5.56. The molecule has 0 aromatic heterocycles. The Labute approximate surface area is 75.1 Å². The molecule has 1 aliphatic carbocycles. The summed E-state index contributed by atoms with van der Waals surface area (Å²) in [6.45, 7) is 4.98. The molecule has 2 nitrogen and oxygen atoms in total. The average Bonchev–Trinajstić information content (AvgIpc) is 2.78. The summed E-state index contributed by atoms with van der Waals surface area (Å²) >= 11 is 0. The third kappa shape index (κ3) is 2.46. The van der Waals surface area contributed by atoms with E-state index in [2.05, 4.69) is 10.6 Å². The third-order valence-corrected chi connectivity index (χ3v) is 3.12. The van der Waals surface area contributed by atoms with Crippen LogP contribution in [0.2, 0.25) is 0 Å². The third-order valence-electron chi connectivity index (χ3n) is 3.12. The second-order valence-electron chi connectivity index (χ2n) is 4.21. The van der Waals surface area contributed by atoms with E-state index in [0.29, 0.717) is 0 Å². The Morgan fingerprint density at radius 3 is 2.58 bits per heavy atom. The Morgan fingerprint density at radius 2 is 1.67 bits per heavy atom. The molecular formula is C10H20N2. The summed E-state index contributed by atoms with van der Waals surface area (Å²) in [5, 5.41) is 7.06. The van der Waals surface area contributed by atoms with Gasteiger partial charge in [-0.2, -0.15) is 0 Å². The lowest BCUT2D eigenvalue weighted by Gasteiger charge is -2.02. The van der Waals surface area contributed by atoms with Crippen molar-refractivity contribution in [2.45, 2.75) is 25.7 Å². The minimum Gasteiger partial charge on any atom is -0.317 e. The molecule has 0 bridgehead atoms. The van der Waals surface area contributed by atoms with E-state index in [1.807, 2.05) is 0 Å². The Bertz CT molecular complexity index is 122. The van der Waals surface area contributed by atoms with Crippen molar-refractivity contribution in [3.8, 4) is 0 Å². The smallest absolute Gasteiger partial charge is 0.00178 e. The first-order chi connectivity index (χ1) is 5.97. The van der Waals surface area contributed by atoms with Gasteiger partial charge in [-0.25, -0.2) is 0 Å². The van der Waals surface area contributed by atoms with Crippen molar-refractivity contribution in [1.82, 2.24) is 10.6 Å². The highest BCUT2D eigenvalue weighted by atomic mass is 14.9. The van der Waals surface area contributed by atoms with E-state index in [-0.39, 0.29) is 0 Å². The summed E-state index contributed by atoms with van der Waals surface area (Å²) in [5.41, 5.74) is 0. The number of hydrogen-bond acceptors (Lipinski definition) is 2. The molecule has 2 heteroatoms. The molecule has 0 aromatic carbocycles. The van der Waals surface area contributed by atoms with Gasteiger partial charge < -0.3 is 10.6 Å². The second kappa shape index (κ2) is 4.24. The van der Waals surface area contributed by atoms with E-state index < -0.39 is 0 Å². The van der Waals surface area contributed by atoms with E-state index in [1.165, 1.54) is 51.9 Å². The van der Waals surface area contributed by atoms with Crippen molar-refractivity contribution >= 4 is 0 Å².